The van der Waals surface area contributed by atoms with Gasteiger partial charge in [0.15, 0.2) is 6.79 Å². The molecule has 1 atom stereocenters. The maximum Gasteiger partial charge on any atom is 0.416 e. The Morgan fingerprint density at radius 2 is 1.69 bits per heavy atom. The van der Waals surface area contributed by atoms with Crippen molar-refractivity contribution < 1.29 is 51.0 Å². The summed E-state index contributed by atoms with van der Waals surface area (Å²) in [7, 11) is 0. The van der Waals surface area contributed by atoms with E-state index in [0.29, 0.717) is 30.5 Å². The Balaban J connectivity index is 0.949. The van der Waals surface area contributed by atoms with Crippen molar-refractivity contribution in [3.05, 3.63) is 88.7 Å². The van der Waals surface area contributed by atoms with Crippen LogP contribution in [-0.2, 0) is 20.5 Å². The normalized spacial score (nSPS) is 20.6. The fourth-order valence-electron chi connectivity index (χ4n) is 6.97. The number of aromatic nitrogens is 2. The number of ether oxygens (including phenoxy) is 2. The molecule has 3 aliphatic rings. The van der Waals surface area contributed by atoms with Crippen LogP contribution >= 0.6 is 0 Å². The van der Waals surface area contributed by atoms with Crippen molar-refractivity contribution in [3.8, 4) is 5.75 Å². The van der Waals surface area contributed by atoms with Crippen LogP contribution in [-0.4, -0.2) is 63.4 Å². The fourth-order valence-corrected chi connectivity index (χ4v) is 6.97. The number of piperidine rings is 1. The van der Waals surface area contributed by atoms with Crippen LogP contribution < -0.4 is 15.4 Å². The van der Waals surface area contributed by atoms with E-state index in [1.165, 1.54) is 36.4 Å². The Morgan fingerprint density at radius 1 is 0.923 bits per heavy atom. The molecule has 1 aromatic heterocycles. The molecule has 2 aliphatic heterocycles. The highest BCUT2D eigenvalue weighted by Gasteiger charge is 2.44. The van der Waals surface area contributed by atoms with Gasteiger partial charge in [0, 0.05) is 24.1 Å². The number of halogens is 4. The van der Waals surface area contributed by atoms with Crippen LogP contribution in [0, 0.1) is 11.7 Å². The average molecular weight is 722 g/mol. The van der Waals surface area contributed by atoms with E-state index in [0.717, 1.165) is 35.9 Å². The number of amides is 5. The van der Waals surface area contributed by atoms with Crippen LogP contribution in [0.2, 0.25) is 0 Å². The topological polar surface area (TPSA) is 149 Å². The minimum Gasteiger partial charge on any atom is -0.468 e. The standard InChI is InChI=1S/C36H31F4N5O7/c37-22-6-11-28-27(15-22)41-35(43-31(47)20-2-1-3-21(14-20)36(38,39)40)44(28)23-7-4-19(5-8-23)17-51-18-52-24-9-10-25-26(16-24)34(50)45(33(25)49)29-12-13-30(46)42-32(29)48/h1-3,6,9-11,14-16,19,23,29H,4-5,7-8,12-13,17-18H2,(H,41,43,47)(H,42,46,48). The first-order valence-electron chi connectivity index (χ1n) is 16.6. The molecule has 2 fully saturated rings. The summed E-state index contributed by atoms with van der Waals surface area (Å²) < 4.78 is 67.2. The number of benzene rings is 3. The number of nitrogens with zero attached hydrogens (tertiary/aromatic N) is 3. The second-order valence-electron chi connectivity index (χ2n) is 12.9. The zero-order valence-corrected chi connectivity index (χ0v) is 27.4. The summed E-state index contributed by atoms with van der Waals surface area (Å²) in [4.78, 5) is 68.2. The fraction of sp³-hybridized carbons (Fsp3) is 0.333. The Morgan fingerprint density at radius 3 is 2.44 bits per heavy atom. The number of hydrogen-bond acceptors (Lipinski definition) is 8. The molecule has 1 saturated carbocycles. The van der Waals surface area contributed by atoms with Crippen LogP contribution in [0.25, 0.3) is 11.0 Å². The molecular weight excluding hydrogens is 690 g/mol. The highest BCUT2D eigenvalue weighted by Crippen LogP contribution is 2.38. The quantitative estimate of drug-likeness (QED) is 0.0978. The molecule has 3 heterocycles. The number of carbonyl (C=O) groups excluding carboxylic acids is 5. The van der Waals surface area contributed by atoms with E-state index in [1.807, 2.05) is 0 Å². The van der Waals surface area contributed by atoms with Crippen LogP contribution in [0.4, 0.5) is 23.5 Å². The van der Waals surface area contributed by atoms with Crippen molar-refractivity contribution in [2.75, 3.05) is 18.7 Å². The number of imidazole rings is 1. The summed E-state index contributed by atoms with van der Waals surface area (Å²) in [6.07, 6.45) is -1.82. The van der Waals surface area contributed by atoms with E-state index in [-0.39, 0.29) is 60.0 Å². The molecule has 52 heavy (non-hydrogen) atoms. The van der Waals surface area contributed by atoms with Crippen molar-refractivity contribution in [1.29, 1.82) is 0 Å². The first-order chi connectivity index (χ1) is 24.9. The van der Waals surface area contributed by atoms with E-state index in [1.54, 1.807) is 10.6 Å². The highest BCUT2D eigenvalue weighted by atomic mass is 19.4. The van der Waals surface area contributed by atoms with E-state index < -0.39 is 53.1 Å². The van der Waals surface area contributed by atoms with Gasteiger partial charge in [-0.05, 0) is 86.6 Å². The molecule has 2 N–H and O–H groups in total. The third kappa shape index (κ3) is 6.85. The zero-order chi connectivity index (χ0) is 36.7. The molecule has 1 saturated heterocycles. The van der Waals surface area contributed by atoms with Gasteiger partial charge in [0.25, 0.3) is 17.7 Å². The van der Waals surface area contributed by atoms with Gasteiger partial charge < -0.3 is 14.0 Å². The lowest BCUT2D eigenvalue weighted by Crippen LogP contribution is -2.54. The van der Waals surface area contributed by atoms with Gasteiger partial charge in [-0.2, -0.15) is 13.2 Å². The van der Waals surface area contributed by atoms with Crippen LogP contribution in [0.15, 0.2) is 60.7 Å². The second kappa shape index (κ2) is 13.8. The lowest BCUT2D eigenvalue weighted by molar-refractivity contribution is -0.138. The highest BCUT2D eigenvalue weighted by molar-refractivity contribution is 6.23. The number of imide groups is 2. The average Bonchev–Trinajstić information content (AvgIpc) is 3.59. The third-order valence-corrected chi connectivity index (χ3v) is 9.58. The van der Waals surface area contributed by atoms with E-state index in [9.17, 15) is 41.5 Å². The molecule has 1 aliphatic carbocycles. The minimum absolute atomic E-state index is 0.0183. The number of carbonyl (C=O) groups is 5. The van der Waals surface area contributed by atoms with Gasteiger partial charge in [-0.1, -0.05) is 6.07 Å². The first-order valence-corrected chi connectivity index (χ1v) is 16.6. The maximum absolute atomic E-state index is 14.1. The summed E-state index contributed by atoms with van der Waals surface area (Å²) in [6.45, 7) is 0.217. The maximum atomic E-state index is 14.1. The number of rotatable bonds is 9. The van der Waals surface area contributed by atoms with Gasteiger partial charge in [-0.25, -0.2) is 9.37 Å². The summed E-state index contributed by atoms with van der Waals surface area (Å²) in [6, 6.07) is 11.3. The molecule has 0 radical (unpaired) electrons. The molecule has 0 bridgehead atoms. The van der Waals surface area contributed by atoms with Gasteiger partial charge in [0.05, 0.1) is 34.3 Å². The predicted octanol–water partition coefficient (Wildman–Crippen LogP) is 5.63. The van der Waals surface area contributed by atoms with Gasteiger partial charge in [-0.15, -0.1) is 0 Å². The van der Waals surface area contributed by atoms with Gasteiger partial charge in [0.1, 0.15) is 17.6 Å². The molecular formula is C36H31F4N5O7. The smallest absolute Gasteiger partial charge is 0.416 e. The van der Waals surface area contributed by atoms with Crippen LogP contribution in [0.5, 0.6) is 5.75 Å². The number of anilines is 1. The molecule has 12 nitrogen and oxygen atoms in total. The van der Waals surface area contributed by atoms with Crippen molar-refractivity contribution in [3.63, 3.8) is 0 Å². The van der Waals surface area contributed by atoms with Crippen molar-refractivity contribution in [2.45, 2.75) is 56.8 Å². The second-order valence-corrected chi connectivity index (χ2v) is 12.9. The Hall–Kier alpha value is -5.64. The molecule has 5 amide bonds. The lowest BCUT2D eigenvalue weighted by Gasteiger charge is -2.30. The summed E-state index contributed by atoms with van der Waals surface area (Å²) in [5.74, 6) is -3.18. The SMILES string of the molecule is O=C1CCC(N2C(=O)c3ccc(OCOCC4CCC(n5c(NC(=O)c6cccc(C(F)(F)F)c6)nc6cc(F)ccc65)CC4)cc3C2=O)C(=O)N1. The Kier molecular flexibility index (Phi) is 9.25. The monoisotopic (exact) mass is 721 g/mol. The summed E-state index contributed by atoms with van der Waals surface area (Å²) in [5.41, 5.74) is -0.0674. The van der Waals surface area contributed by atoms with E-state index in [2.05, 4.69) is 15.6 Å². The van der Waals surface area contributed by atoms with E-state index >= 15 is 0 Å². The van der Waals surface area contributed by atoms with Gasteiger partial charge in [0.2, 0.25) is 17.8 Å². The number of fused-ring (bicyclic) bond motifs is 2. The predicted molar refractivity (Wildman–Crippen MR) is 175 cm³/mol. The van der Waals surface area contributed by atoms with Crippen molar-refractivity contribution >= 4 is 46.5 Å². The number of alkyl halides is 3. The molecule has 16 heteroatoms. The summed E-state index contributed by atoms with van der Waals surface area (Å²) in [5, 5.41) is 4.79. The first kappa shape index (κ1) is 34.8. The Bertz CT molecular complexity index is 2110. The number of nitrogens with one attached hydrogen (secondary N) is 2. The molecule has 270 valence electrons. The summed E-state index contributed by atoms with van der Waals surface area (Å²) >= 11 is 0. The van der Waals surface area contributed by atoms with Crippen LogP contribution in [0.3, 0.4) is 0 Å². The van der Waals surface area contributed by atoms with E-state index in [4.69, 9.17) is 9.47 Å². The molecule has 0 spiro atoms. The molecule has 7 rings (SSSR count). The third-order valence-electron chi connectivity index (χ3n) is 9.58. The van der Waals surface area contributed by atoms with Crippen LogP contribution in [0.1, 0.15) is 81.2 Å². The lowest BCUT2D eigenvalue weighted by atomic mass is 9.86. The molecule has 1 unspecified atom stereocenters. The van der Waals surface area contributed by atoms with Crippen molar-refractivity contribution in [2.24, 2.45) is 5.92 Å². The van der Waals surface area contributed by atoms with Crippen molar-refractivity contribution in [1.82, 2.24) is 19.8 Å². The largest absolute Gasteiger partial charge is 0.468 e. The molecule has 4 aromatic rings. The Labute approximate surface area is 293 Å². The zero-order valence-electron chi connectivity index (χ0n) is 27.4. The minimum atomic E-state index is -4.62. The van der Waals surface area contributed by atoms with Gasteiger partial charge in [-0.3, -0.25) is 39.5 Å². The number of hydrogen-bond donors (Lipinski definition) is 2. The molecule has 3 aromatic carbocycles. The van der Waals surface area contributed by atoms with Gasteiger partial charge >= 0.3 is 6.18 Å².